The first-order valence-corrected chi connectivity index (χ1v) is 12.9. The molecule has 0 amide bonds. The van der Waals surface area contributed by atoms with Crippen LogP contribution in [0.15, 0.2) is 83.9 Å². The number of halogens is 2. The smallest absolute Gasteiger partial charge is 0.344 e. The number of hydrogen-bond donors (Lipinski definition) is 1. The van der Waals surface area contributed by atoms with Crippen LogP contribution in [0.4, 0.5) is 0 Å². The molecule has 0 aliphatic carbocycles. The molecule has 5 aromatic rings. The number of methoxy groups -OCH3 is 1. The molecule has 0 aliphatic rings. The first-order chi connectivity index (χ1) is 18.2. The minimum Gasteiger partial charge on any atom is -0.493 e. The summed E-state index contributed by atoms with van der Waals surface area (Å²) in [6, 6.07) is 17.7. The number of carboxylic acid groups (broad SMARTS) is 1. The number of carboxylic acids is 1. The Kier molecular flexibility index (Phi) is 7.04. The van der Waals surface area contributed by atoms with E-state index in [1.54, 1.807) is 42.5 Å². The van der Waals surface area contributed by atoms with Crippen molar-refractivity contribution in [2.24, 2.45) is 5.10 Å². The van der Waals surface area contributed by atoms with Crippen molar-refractivity contribution < 1.29 is 23.8 Å². The minimum atomic E-state index is -1.11. The van der Waals surface area contributed by atoms with Gasteiger partial charge in [-0.2, -0.15) is 9.78 Å². The molecule has 2 heterocycles. The van der Waals surface area contributed by atoms with Crippen molar-refractivity contribution in [1.82, 2.24) is 9.66 Å². The lowest BCUT2D eigenvalue weighted by Crippen LogP contribution is -2.23. The number of fused-ring (bicyclic) bond motifs is 2. The van der Waals surface area contributed by atoms with Crippen LogP contribution in [0.5, 0.6) is 11.5 Å². The number of ether oxygens (including phenoxy) is 2. The molecule has 3 aromatic carbocycles. The van der Waals surface area contributed by atoms with E-state index in [9.17, 15) is 14.7 Å². The maximum atomic E-state index is 13.5. The molecule has 192 valence electrons. The van der Waals surface area contributed by atoms with Crippen LogP contribution in [-0.2, 0) is 4.79 Å². The fourth-order valence-corrected chi connectivity index (χ4v) is 4.73. The number of aliphatic carboxylic acids is 1. The van der Waals surface area contributed by atoms with Crippen molar-refractivity contribution in [1.29, 1.82) is 0 Å². The van der Waals surface area contributed by atoms with Gasteiger partial charge in [0.25, 0.3) is 5.56 Å². The fourth-order valence-electron chi connectivity index (χ4n) is 3.79. The second-order valence-corrected chi connectivity index (χ2v) is 10.0. The molecule has 0 spiro atoms. The molecule has 0 fully saturated rings. The topological polar surface area (TPSA) is 116 Å². The Morgan fingerprint density at radius 1 is 1.16 bits per heavy atom. The maximum Gasteiger partial charge on any atom is 0.344 e. The number of carbonyl (C=O) groups is 1. The standard InChI is InChI=1S/C27H19Br2N3O6/c1-14(27(34)35)37-24-19(29)9-15(10-22(24)36-2)13-30-32-25(31-20-6-4-3-5-18(20)26(32)33)23-12-16-11-17(28)7-8-21(16)38-23/h3-14H,1-2H3,(H,34,35)/t14-/m1/s1. The number of hydrogen-bond acceptors (Lipinski definition) is 7. The van der Waals surface area contributed by atoms with Crippen LogP contribution in [-0.4, -0.2) is 40.2 Å². The number of furan rings is 1. The van der Waals surface area contributed by atoms with Gasteiger partial charge in [0.05, 0.1) is 28.7 Å². The van der Waals surface area contributed by atoms with Crippen LogP contribution in [0.3, 0.4) is 0 Å². The van der Waals surface area contributed by atoms with E-state index >= 15 is 0 Å². The van der Waals surface area contributed by atoms with E-state index in [2.05, 4.69) is 41.9 Å². The van der Waals surface area contributed by atoms with Crippen LogP contribution in [0.1, 0.15) is 12.5 Å². The third-order valence-electron chi connectivity index (χ3n) is 5.67. The van der Waals surface area contributed by atoms with Gasteiger partial charge in [0.15, 0.2) is 23.4 Å². The third kappa shape index (κ3) is 4.94. The predicted molar refractivity (Wildman–Crippen MR) is 150 cm³/mol. The van der Waals surface area contributed by atoms with E-state index in [-0.39, 0.29) is 17.1 Å². The highest BCUT2D eigenvalue weighted by atomic mass is 79.9. The highest BCUT2D eigenvalue weighted by Gasteiger charge is 2.20. The SMILES string of the molecule is COc1cc(C=Nn2c(-c3cc4cc(Br)ccc4o3)nc3ccccc3c2=O)cc(Br)c1O[C@H](C)C(=O)O. The number of para-hydroxylation sites is 1. The zero-order valence-electron chi connectivity index (χ0n) is 20.0. The molecule has 9 nitrogen and oxygen atoms in total. The number of benzene rings is 3. The monoisotopic (exact) mass is 639 g/mol. The molecule has 0 radical (unpaired) electrons. The lowest BCUT2D eigenvalue weighted by molar-refractivity contribution is -0.144. The number of aromatic nitrogens is 2. The highest BCUT2D eigenvalue weighted by Crippen LogP contribution is 2.37. The second-order valence-electron chi connectivity index (χ2n) is 8.24. The summed E-state index contributed by atoms with van der Waals surface area (Å²) in [6.07, 6.45) is 0.382. The molecule has 0 bridgehead atoms. The Bertz CT molecular complexity index is 1790. The van der Waals surface area contributed by atoms with Gasteiger partial charge < -0.3 is 19.0 Å². The molecule has 1 N–H and O–H groups in total. The van der Waals surface area contributed by atoms with Crippen molar-refractivity contribution in [3.8, 4) is 23.1 Å². The van der Waals surface area contributed by atoms with E-state index in [1.807, 2.05) is 18.2 Å². The fraction of sp³-hybridized carbons (Fsp3) is 0.111. The first kappa shape index (κ1) is 25.7. The van der Waals surface area contributed by atoms with Gasteiger partial charge in [-0.15, -0.1) is 0 Å². The predicted octanol–water partition coefficient (Wildman–Crippen LogP) is 6.08. The van der Waals surface area contributed by atoms with Gasteiger partial charge in [-0.25, -0.2) is 9.78 Å². The first-order valence-electron chi connectivity index (χ1n) is 11.3. The van der Waals surface area contributed by atoms with Crippen molar-refractivity contribution in [3.63, 3.8) is 0 Å². The van der Waals surface area contributed by atoms with Crippen LogP contribution in [0.25, 0.3) is 33.5 Å². The average molecular weight is 641 g/mol. The number of rotatable bonds is 7. The molecule has 1 atom stereocenters. The molecule has 0 saturated carbocycles. The highest BCUT2D eigenvalue weighted by molar-refractivity contribution is 9.10. The van der Waals surface area contributed by atoms with Gasteiger partial charge in [-0.05, 0) is 76.9 Å². The molecule has 11 heteroatoms. The van der Waals surface area contributed by atoms with Crippen LogP contribution in [0, 0.1) is 0 Å². The lowest BCUT2D eigenvalue weighted by Gasteiger charge is -2.16. The summed E-state index contributed by atoms with van der Waals surface area (Å²) in [5.41, 5.74) is 1.34. The zero-order chi connectivity index (χ0) is 27.0. The quantitative estimate of drug-likeness (QED) is 0.214. The number of nitrogens with zero attached hydrogens (tertiary/aromatic N) is 3. The molecule has 0 aliphatic heterocycles. The van der Waals surface area contributed by atoms with Gasteiger partial charge in [0, 0.05) is 9.86 Å². The Morgan fingerprint density at radius 3 is 2.71 bits per heavy atom. The van der Waals surface area contributed by atoms with E-state index in [4.69, 9.17) is 13.9 Å². The summed E-state index contributed by atoms with van der Waals surface area (Å²) in [7, 11) is 1.44. The summed E-state index contributed by atoms with van der Waals surface area (Å²) < 4.78 is 19.5. The van der Waals surface area contributed by atoms with Crippen molar-refractivity contribution in [3.05, 3.63) is 85.5 Å². The van der Waals surface area contributed by atoms with Gasteiger partial charge >= 0.3 is 5.97 Å². The van der Waals surface area contributed by atoms with Crippen molar-refractivity contribution in [2.45, 2.75) is 13.0 Å². The normalized spacial score (nSPS) is 12.3. The summed E-state index contributed by atoms with van der Waals surface area (Å²) in [5.74, 6) is 0.0271. The third-order valence-corrected chi connectivity index (χ3v) is 6.75. The maximum absolute atomic E-state index is 13.5. The Labute approximate surface area is 232 Å². The molecular formula is C27H19Br2N3O6. The zero-order valence-corrected chi connectivity index (χ0v) is 23.2. The molecule has 0 unspecified atom stereocenters. The van der Waals surface area contributed by atoms with E-state index in [1.165, 1.54) is 24.9 Å². The van der Waals surface area contributed by atoms with Crippen molar-refractivity contribution >= 4 is 65.9 Å². The lowest BCUT2D eigenvalue weighted by atomic mass is 10.2. The van der Waals surface area contributed by atoms with Gasteiger partial charge in [0.1, 0.15) is 5.58 Å². The van der Waals surface area contributed by atoms with E-state index in [0.717, 1.165) is 9.86 Å². The molecule has 38 heavy (non-hydrogen) atoms. The van der Waals surface area contributed by atoms with Gasteiger partial charge in [-0.3, -0.25) is 4.79 Å². The van der Waals surface area contributed by atoms with Crippen molar-refractivity contribution in [2.75, 3.05) is 7.11 Å². The Morgan fingerprint density at radius 2 is 1.95 bits per heavy atom. The molecule has 2 aromatic heterocycles. The molecule has 5 rings (SSSR count). The molecular weight excluding hydrogens is 622 g/mol. The van der Waals surface area contributed by atoms with Crippen LogP contribution < -0.4 is 15.0 Å². The average Bonchev–Trinajstić information content (AvgIpc) is 3.32. The summed E-state index contributed by atoms with van der Waals surface area (Å²) in [6.45, 7) is 1.42. The summed E-state index contributed by atoms with van der Waals surface area (Å²) in [4.78, 5) is 29.4. The van der Waals surface area contributed by atoms with E-state index < -0.39 is 12.1 Å². The van der Waals surface area contributed by atoms with E-state index in [0.29, 0.717) is 38.0 Å². The Hall–Kier alpha value is -3.96. The largest absolute Gasteiger partial charge is 0.493 e. The second kappa shape index (κ2) is 10.4. The summed E-state index contributed by atoms with van der Waals surface area (Å²) in [5, 5.41) is 14.9. The van der Waals surface area contributed by atoms with Gasteiger partial charge in [0.2, 0.25) is 5.82 Å². The Balaban J connectivity index is 1.63. The van der Waals surface area contributed by atoms with Gasteiger partial charge in [-0.1, -0.05) is 28.1 Å². The molecule has 0 saturated heterocycles. The minimum absolute atomic E-state index is 0.234. The summed E-state index contributed by atoms with van der Waals surface area (Å²) >= 11 is 6.87. The van der Waals surface area contributed by atoms with Crippen LogP contribution in [0.2, 0.25) is 0 Å². The van der Waals surface area contributed by atoms with Crippen LogP contribution >= 0.6 is 31.9 Å².